The number of thiazole rings is 1. The number of fused-ring (bicyclic) bond motifs is 1. The van der Waals surface area contributed by atoms with E-state index in [1.807, 2.05) is 48.7 Å². The molecule has 3 aromatic carbocycles. The third kappa shape index (κ3) is 4.93. The highest BCUT2D eigenvalue weighted by Crippen LogP contribution is 2.39. The fraction of sp³-hybridized carbons (Fsp3) is 0.148. The van der Waals surface area contributed by atoms with Crippen molar-refractivity contribution in [1.29, 1.82) is 0 Å². The highest BCUT2D eigenvalue weighted by molar-refractivity contribution is 7.98. The number of halogens is 3. The van der Waals surface area contributed by atoms with Crippen molar-refractivity contribution in [3.05, 3.63) is 98.7 Å². The van der Waals surface area contributed by atoms with Crippen LogP contribution in [0.4, 0.5) is 4.39 Å². The highest BCUT2D eigenvalue weighted by atomic mass is 35.5. The molecule has 184 valence electrons. The number of hydrogen-bond donors (Lipinski definition) is 0. The van der Waals surface area contributed by atoms with E-state index < -0.39 is 0 Å². The molecular formula is C27H21Cl2FN2O2S2. The summed E-state index contributed by atoms with van der Waals surface area (Å²) in [5.74, 6) is 1.41. The van der Waals surface area contributed by atoms with Crippen molar-refractivity contribution in [3.63, 3.8) is 0 Å². The van der Waals surface area contributed by atoms with E-state index >= 15 is 0 Å². The largest absolute Gasteiger partial charge is 0.493 e. The molecule has 9 heteroatoms. The van der Waals surface area contributed by atoms with E-state index in [1.165, 1.54) is 17.8 Å². The molecule has 0 atom stereocenters. The fourth-order valence-electron chi connectivity index (χ4n) is 4.03. The van der Waals surface area contributed by atoms with Gasteiger partial charge in [-0.05, 0) is 42.0 Å². The van der Waals surface area contributed by atoms with Gasteiger partial charge in [-0.3, -0.25) is 4.40 Å². The summed E-state index contributed by atoms with van der Waals surface area (Å²) in [5, 5.41) is 1.82. The molecule has 2 heterocycles. The standard InChI is InChI=1S/C27H21Cl2FN2O2S2/c1-33-22-10-9-16(11-23(22)34-2)12-24-26(17-5-3-6-18(28)13-17)32-25(36-24)14-31-27(32)35-15-19-20(29)7-4-8-21(19)30/h3-11,13-14H,12,15H2,1-2H3. The maximum atomic E-state index is 14.4. The van der Waals surface area contributed by atoms with Crippen molar-refractivity contribution < 1.29 is 13.9 Å². The van der Waals surface area contributed by atoms with Gasteiger partial charge in [0.25, 0.3) is 0 Å². The maximum Gasteiger partial charge on any atom is 0.174 e. The lowest BCUT2D eigenvalue weighted by Gasteiger charge is -2.11. The summed E-state index contributed by atoms with van der Waals surface area (Å²) in [6, 6.07) is 18.4. The smallest absolute Gasteiger partial charge is 0.174 e. The van der Waals surface area contributed by atoms with E-state index in [-0.39, 0.29) is 5.82 Å². The molecule has 2 aromatic heterocycles. The number of methoxy groups -OCH3 is 2. The topological polar surface area (TPSA) is 35.8 Å². The van der Waals surface area contributed by atoms with Crippen LogP contribution in [-0.4, -0.2) is 23.6 Å². The van der Waals surface area contributed by atoms with Crippen molar-refractivity contribution in [1.82, 2.24) is 9.38 Å². The zero-order chi connectivity index (χ0) is 25.2. The van der Waals surface area contributed by atoms with Gasteiger partial charge >= 0.3 is 0 Å². The Balaban J connectivity index is 1.58. The van der Waals surface area contributed by atoms with Gasteiger partial charge in [0.1, 0.15) is 10.6 Å². The van der Waals surface area contributed by atoms with Crippen LogP contribution in [-0.2, 0) is 12.2 Å². The molecule has 4 nitrogen and oxygen atoms in total. The second-order valence-corrected chi connectivity index (χ2v) is 10.9. The Bertz CT molecular complexity index is 1530. The van der Waals surface area contributed by atoms with Gasteiger partial charge in [-0.25, -0.2) is 9.37 Å². The van der Waals surface area contributed by atoms with Gasteiger partial charge in [0.15, 0.2) is 16.7 Å². The Kier molecular flexibility index (Phi) is 7.44. The lowest BCUT2D eigenvalue weighted by molar-refractivity contribution is 0.354. The molecule has 0 radical (unpaired) electrons. The van der Waals surface area contributed by atoms with Crippen LogP contribution in [0.15, 0.2) is 72.0 Å². The average Bonchev–Trinajstić information content (AvgIpc) is 3.42. The molecule has 0 amide bonds. The van der Waals surface area contributed by atoms with Crippen LogP contribution in [0.25, 0.3) is 16.1 Å². The van der Waals surface area contributed by atoms with Gasteiger partial charge in [-0.15, -0.1) is 11.3 Å². The summed E-state index contributed by atoms with van der Waals surface area (Å²) in [4.78, 5) is 6.77. The van der Waals surface area contributed by atoms with Crippen molar-refractivity contribution in [2.24, 2.45) is 0 Å². The summed E-state index contributed by atoms with van der Waals surface area (Å²) in [6.45, 7) is 0. The lowest BCUT2D eigenvalue weighted by Crippen LogP contribution is -1.97. The normalized spacial score (nSPS) is 11.2. The Morgan fingerprint density at radius 1 is 1.00 bits per heavy atom. The molecule has 0 spiro atoms. The minimum absolute atomic E-state index is 0.322. The second-order valence-electron chi connectivity index (χ2n) is 7.95. The average molecular weight is 560 g/mol. The van der Waals surface area contributed by atoms with Crippen LogP contribution >= 0.6 is 46.3 Å². The molecule has 5 rings (SSSR count). The molecule has 0 bridgehead atoms. The van der Waals surface area contributed by atoms with E-state index in [1.54, 1.807) is 37.7 Å². The van der Waals surface area contributed by atoms with Crippen LogP contribution in [0, 0.1) is 5.82 Å². The van der Waals surface area contributed by atoms with E-state index in [9.17, 15) is 4.39 Å². The number of rotatable bonds is 8. The van der Waals surface area contributed by atoms with Gasteiger partial charge in [-0.1, -0.05) is 59.2 Å². The predicted molar refractivity (Wildman–Crippen MR) is 147 cm³/mol. The van der Waals surface area contributed by atoms with E-state index in [2.05, 4.69) is 9.38 Å². The fourth-order valence-corrected chi connectivity index (χ4v) is 6.77. The SMILES string of the molecule is COc1ccc(Cc2sc3cnc(SCc4c(F)cccc4Cl)n3c2-c2cccc(Cl)c2)cc1OC. The molecule has 0 fully saturated rings. The van der Waals surface area contributed by atoms with Crippen LogP contribution in [0.2, 0.25) is 10.0 Å². The third-order valence-electron chi connectivity index (χ3n) is 5.73. The Morgan fingerprint density at radius 2 is 1.81 bits per heavy atom. The molecule has 0 aliphatic carbocycles. The first-order valence-electron chi connectivity index (χ1n) is 11.0. The summed E-state index contributed by atoms with van der Waals surface area (Å²) < 4.78 is 27.4. The first-order valence-corrected chi connectivity index (χ1v) is 13.6. The molecule has 0 unspecified atom stereocenters. The monoisotopic (exact) mass is 558 g/mol. The first-order chi connectivity index (χ1) is 17.5. The second kappa shape index (κ2) is 10.7. The van der Waals surface area contributed by atoms with E-state index in [0.717, 1.165) is 31.7 Å². The third-order valence-corrected chi connectivity index (χ3v) is 8.38. The van der Waals surface area contributed by atoms with Crippen LogP contribution in [0.3, 0.4) is 0 Å². The summed E-state index contributed by atoms with van der Waals surface area (Å²) in [5.41, 5.74) is 3.53. The molecule has 0 aliphatic heterocycles. The number of imidazole rings is 1. The quantitative estimate of drug-likeness (QED) is 0.179. The molecule has 0 aliphatic rings. The number of ether oxygens (including phenoxy) is 2. The molecule has 0 saturated carbocycles. The van der Waals surface area contributed by atoms with E-state index in [4.69, 9.17) is 32.7 Å². The van der Waals surface area contributed by atoms with Crippen molar-refractivity contribution >= 4 is 51.1 Å². The number of benzene rings is 3. The van der Waals surface area contributed by atoms with E-state index in [0.29, 0.717) is 39.3 Å². The van der Waals surface area contributed by atoms with Gasteiger partial charge in [0.2, 0.25) is 0 Å². The number of nitrogens with zero attached hydrogens (tertiary/aromatic N) is 2. The van der Waals surface area contributed by atoms with Crippen molar-refractivity contribution in [2.45, 2.75) is 17.3 Å². The van der Waals surface area contributed by atoms with Gasteiger partial charge in [-0.2, -0.15) is 0 Å². The predicted octanol–water partition coefficient (Wildman–Crippen LogP) is 8.41. The van der Waals surface area contributed by atoms with Gasteiger partial charge in [0, 0.05) is 38.2 Å². The minimum atomic E-state index is -0.322. The summed E-state index contributed by atoms with van der Waals surface area (Å²) in [6.07, 6.45) is 2.53. The Labute approximate surface area is 226 Å². The Hall–Kier alpha value is -2.71. The first kappa shape index (κ1) is 25.0. The van der Waals surface area contributed by atoms with Crippen LogP contribution in [0.1, 0.15) is 16.0 Å². The van der Waals surface area contributed by atoms with Crippen LogP contribution < -0.4 is 9.47 Å². The van der Waals surface area contributed by atoms with Crippen molar-refractivity contribution in [3.8, 4) is 22.8 Å². The molecule has 5 aromatic rings. The Morgan fingerprint density at radius 3 is 2.56 bits per heavy atom. The molecular weight excluding hydrogens is 538 g/mol. The highest BCUT2D eigenvalue weighted by Gasteiger charge is 2.20. The maximum absolute atomic E-state index is 14.4. The summed E-state index contributed by atoms with van der Waals surface area (Å²) in [7, 11) is 3.25. The summed E-state index contributed by atoms with van der Waals surface area (Å²) >= 11 is 15.7. The van der Waals surface area contributed by atoms with Crippen molar-refractivity contribution in [2.75, 3.05) is 14.2 Å². The number of hydrogen-bond acceptors (Lipinski definition) is 5. The number of thioether (sulfide) groups is 1. The van der Waals surface area contributed by atoms with Gasteiger partial charge in [0.05, 0.1) is 26.1 Å². The molecule has 0 N–H and O–H groups in total. The number of aromatic nitrogens is 2. The van der Waals surface area contributed by atoms with Crippen LogP contribution in [0.5, 0.6) is 11.5 Å². The lowest BCUT2D eigenvalue weighted by atomic mass is 10.1. The van der Waals surface area contributed by atoms with Gasteiger partial charge < -0.3 is 9.47 Å². The zero-order valence-electron chi connectivity index (χ0n) is 19.4. The zero-order valence-corrected chi connectivity index (χ0v) is 22.6. The minimum Gasteiger partial charge on any atom is -0.493 e. The molecule has 0 saturated heterocycles. The molecule has 36 heavy (non-hydrogen) atoms.